The summed E-state index contributed by atoms with van der Waals surface area (Å²) in [6.45, 7) is 9.72. The number of piperazine rings is 1. The lowest BCUT2D eigenvalue weighted by molar-refractivity contribution is 0.0141. The van der Waals surface area contributed by atoms with Crippen molar-refractivity contribution in [1.82, 2.24) is 9.80 Å². The molecule has 1 heterocycles. The Balaban J connectivity index is 2.00. The molecule has 0 radical (unpaired) electrons. The van der Waals surface area contributed by atoms with E-state index in [4.69, 9.17) is 14.2 Å². The molecule has 0 atom stereocenters. The number of methoxy groups -OCH3 is 1. The maximum atomic E-state index is 12.8. The molecule has 0 aliphatic carbocycles. The largest absolute Gasteiger partial charge is 0.493 e. The third kappa shape index (κ3) is 5.03. The van der Waals surface area contributed by atoms with Gasteiger partial charge in [-0.3, -0.25) is 4.79 Å². The highest BCUT2D eigenvalue weighted by atomic mass is 16.6. The first kappa shape index (κ1) is 19.9. The topological polar surface area (TPSA) is 68.3 Å². The zero-order valence-electron chi connectivity index (χ0n) is 16.2. The summed E-state index contributed by atoms with van der Waals surface area (Å²) in [5.41, 5.74) is 0.0166. The fourth-order valence-electron chi connectivity index (χ4n) is 2.68. The lowest BCUT2D eigenvalue weighted by Gasteiger charge is -2.35. The Kier molecular flexibility index (Phi) is 6.34. The van der Waals surface area contributed by atoms with Gasteiger partial charge in [-0.05, 0) is 45.9 Å². The number of carbonyl (C=O) groups excluding carboxylic acids is 2. The Morgan fingerprint density at radius 1 is 1.04 bits per heavy atom. The van der Waals surface area contributed by atoms with Gasteiger partial charge in [-0.2, -0.15) is 0 Å². The Morgan fingerprint density at radius 2 is 1.65 bits per heavy atom. The molecule has 1 aliphatic heterocycles. The molecule has 7 heteroatoms. The van der Waals surface area contributed by atoms with Crippen LogP contribution in [0.5, 0.6) is 11.5 Å². The molecule has 2 rings (SSSR count). The van der Waals surface area contributed by atoms with E-state index >= 15 is 0 Å². The summed E-state index contributed by atoms with van der Waals surface area (Å²) in [7, 11) is 1.56. The van der Waals surface area contributed by atoms with E-state index in [1.54, 1.807) is 35.1 Å². The molecule has 1 aliphatic rings. The minimum absolute atomic E-state index is 0.0857. The third-order valence-electron chi connectivity index (χ3n) is 3.93. The Labute approximate surface area is 154 Å². The highest BCUT2D eigenvalue weighted by molar-refractivity contribution is 5.95. The average Bonchev–Trinajstić information content (AvgIpc) is 2.60. The SMILES string of the molecule is CCOc1cc(C(=O)N2CCN(C(=O)OC(C)(C)C)CC2)ccc1OC. The van der Waals surface area contributed by atoms with Crippen molar-refractivity contribution >= 4 is 12.0 Å². The third-order valence-corrected chi connectivity index (χ3v) is 3.93. The molecular weight excluding hydrogens is 336 g/mol. The molecule has 0 unspecified atom stereocenters. The zero-order chi connectivity index (χ0) is 19.3. The van der Waals surface area contributed by atoms with Gasteiger partial charge in [-0.1, -0.05) is 0 Å². The Morgan fingerprint density at radius 3 is 2.19 bits per heavy atom. The van der Waals surface area contributed by atoms with E-state index in [-0.39, 0.29) is 12.0 Å². The molecule has 0 aromatic heterocycles. The first-order chi connectivity index (χ1) is 12.2. The van der Waals surface area contributed by atoms with Crippen LogP contribution in [0, 0.1) is 0 Å². The molecule has 0 N–H and O–H groups in total. The molecule has 2 amide bonds. The number of ether oxygens (including phenoxy) is 3. The van der Waals surface area contributed by atoms with Crippen molar-refractivity contribution < 1.29 is 23.8 Å². The van der Waals surface area contributed by atoms with Crippen LogP contribution in [0.2, 0.25) is 0 Å². The van der Waals surface area contributed by atoms with E-state index in [1.807, 2.05) is 27.7 Å². The van der Waals surface area contributed by atoms with Crippen molar-refractivity contribution in [3.8, 4) is 11.5 Å². The van der Waals surface area contributed by atoms with Crippen LogP contribution in [0.3, 0.4) is 0 Å². The second-order valence-electron chi connectivity index (χ2n) is 7.06. The molecule has 1 saturated heterocycles. The Bertz CT molecular complexity index is 646. The molecule has 0 spiro atoms. The summed E-state index contributed by atoms with van der Waals surface area (Å²) in [4.78, 5) is 28.2. The van der Waals surface area contributed by atoms with Crippen molar-refractivity contribution in [3.05, 3.63) is 23.8 Å². The number of carbonyl (C=O) groups is 2. The summed E-state index contributed by atoms with van der Waals surface area (Å²) < 4.78 is 16.2. The van der Waals surface area contributed by atoms with Crippen LogP contribution in [0.1, 0.15) is 38.1 Å². The first-order valence-electron chi connectivity index (χ1n) is 8.83. The summed E-state index contributed by atoms with van der Waals surface area (Å²) in [5, 5.41) is 0. The highest BCUT2D eigenvalue weighted by Crippen LogP contribution is 2.28. The number of rotatable bonds is 4. The zero-order valence-corrected chi connectivity index (χ0v) is 16.2. The van der Waals surface area contributed by atoms with Gasteiger partial charge in [0, 0.05) is 31.7 Å². The van der Waals surface area contributed by atoms with E-state index in [1.165, 1.54) is 0 Å². The predicted octanol–water partition coefficient (Wildman–Crippen LogP) is 2.79. The molecule has 0 bridgehead atoms. The Hall–Kier alpha value is -2.44. The van der Waals surface area contributed by atoms with Gasteiger partial charge in [0.15, 0.2) is 11.5 Å². The van der Waals surface area contributed by atoms with Crippen LogP contribution in [-0.2, 0) is 4.74 Å². The average molecular weight is 364 g/mol. The summed E-state index contributed by atoms with van der Waals surface area (Å²) in [6.07, 6.45) is -0.340. The van der Waals surface area contributed by atoms with Crippen molar-refractivity contribution in [2.75, 3.05) is 39.9 Å². The standard InChI is InChI=1S/C19H28N2O5/c1-6-25-16-13-14(7-8-15(16)24-5)17(22)20-9-11-21(12-10-20)18(23)26-19(2,3)4/h7-8,13H,6,9-12H2,1-5H3. The van der Waals surface area contributed by atoms with Gasteiger partial charge in [0.05, 0.1) is 13.7 Å². The van der Waals surface area contributed by atoms with Crippen molar-refractivity contribution in [3.63, 3.8) is 0 Å². The number of amides is 2. The van der Waals surface area contributed by atoms with E-state index in [2.05, 4.69) is 0 Å². The van der Waals surface area contributed by atoms with E-state index < -0.39 is 5.60 Å². The smallest absolute Gasteiger partial charge is 0.410 e. The fraction of sp³-hybridized carbons (Fsp3) is 0.579. The first-order valence-corrected chi connectivity index (χ1v) is 8.83. The molecule has 1 fully saturated rings. The molecular formula is C19H28N2O5. The van der Waals surface area contributed by atoms with Crippen molar-refractivity contribution in [2.45, 2.75) is 33.3 Å². The minimum Gasteiger partial charge on any atom is -0.493 e. The van der Waals surface area contributed by atoms with E-state index in [0.29, 0.717) is 49.8 Å². The van der Waals surface area contributed by atoms with Gasteiger partial charge in [-0.25, -0.2) is 4.79 Å². The second kappa shape index (κ2) is 8.29. The van der Waals surface area contributed by atoms with E-state index in [0.717, 1.165) is 0 Å². The van der Waals surface area contributed by atoms with Crippen LogP contribution in [-0.4, -0.2) is 67.3 Å². The number of benzene rings is 1. The quantitative estimate of drug-likeness (QED) is 0.822. The van der Waals surface area contributed by atoms with Gasteiger partial charge in [0.1, 0.15) is 5.60 Å². The van der Waals surface area contributed by atoms with Gasteiger partial charge in [-0.15, -0.1) is 0 Å². The summed E-state index contributed by atoms with van der Waals surface area (Å²) in [5.74, 6) is 1.06. The van der Waals surface area contributed by atoms with Gasteiger partial charge < -0.3 is 24.0 Å². The normalized spacial score (nSPS) is 14.8. The fourth-order valence-corrected chi connectivity index (χ4v) is 2.68. The van der Waals surface area contributed by atoms with Crippen LogP contribution in [0.15, 0.2) is 18.2 Å². The lowest BCUT2D eigenvalue weighted by atomic mass is 10.1. The highest BCUT2D eigenvalue weighted by Gasteiger charge is 2.28. The summed E-state index contributed by atoms with van der Waals surface area (Å²) >= 11 is 0. The van der Waals surface area contributed by atoms with Crippen LogP contribution < -0.4 is 9.47 Å². The van der Waals surface area contributed by atoms with Crippen LogP contribution >= 0.6 is 0 Å². The molecule has 1 aromatic rings. The lowest BCUT2D eigenvalue weighted by Crippen LogP contribution is -2.51. The molecule has 0 saturated carbocycles. The van der Waals surface area contributed by atoms with Crippen molar-refractivity contribution in [2.24, 2.45) is 0 Å². The maximum absolute atomic E-state index is 12.8. The van der Waals surface area contributed by atoms with Crippen LogP contribution in [0.4, 0.5) is 4.79 Å². The monoisotopic (exact) mass is 364 g/mol. The second-order valence-corrected chi connectivity index (χ2v) is 7.06. The van der Waals surface area contributed by atoms with Gasteiger partial charge in [0.2, 0.25) is 0 Å². The number of hydrogen-bond acceptors (Lipinski definition) is 5. The molecule has 7 nitrogen and oxygen atoms in total. The predicted molar refractivity (Wildman–Crippen MR) is 97.9 cm³/mol. The van der Waals surface area contributed by atoms with Crippen molar-refractivity contribution in [1.29, 1.82) is 0 Å². The molecule has 26 heavy (non-hydrogen) atoms. The van der Waals surface area contributed by atoms with Gasteiger partial charge in [0.25, 0.3) is 5.91 Å². The molecule has 144 valence electrons. The van der Waals surface area contributed by atoms with Gasteiger partial charge >= 0.3 is 6.09 Å². The minimum atomic E-state index is -0.525. The number of hydrogen-bond donors (Lipinski definition) is 0. The van der Waals surface area contributed by atoms with E-state index in [9.17, 15) is 9.59 Å². The maximum Gasteiger partial charge on any atom is 0.410 e. The van der Waals surface area contributed by atoms with Crippen LogP contribution in [0.25, 0.3) is 0 Å². The number of nitrogens with zero attached hydrogens (tertiary/aromatic N) is 2. The summed E-state index contributed by atoms with van der Waals surface area (Å²) in [6, 6.07) is 5.16. The molecule has 1 aromatic carbocycles.